The lowest BCUT2D eigenvalue weighted by molar-refractivity contribution is 0.490. The molecule has 56 heavy (non-hydrogen) atoms. The Morgan fingerprint density at radius 3 is 1.79 bits per heavy atom. The van der Waals surface area contributed by atoms with E-state index >= 15 is 0 Å². The standard InChI is InChI=1S/C51H37N5/c1-5-17-33(18-6-1)46-41-30-32-43(47(52-46)34-19-7-2-8-20-34)45-40(37-25-13-14-26-38(37)41)29-31-42-39-27-15-16-28-44(39)56(48(42)45)51-54-49(35-21-9-3-10-22-35)53-50(55-51)36-23-11-4-12-24-36/h1-29,31,41,46,52H,30,32H2. The summed E-state index contributed by atoms with van der Waals surface area (Å²) in [6.45, 7) is 0. The number of benzene rings is 7. The maximum absolute atomic E-state index is 5.32. The Morgan fingerprint density at radius 2 is 1.09 bits per heavy atom. The van der Waals surface area contributed by atoms with Gasteiger partial charge in [-0.05, 0) is 52.3 Å². The summed E-state index contributed by atoms with van der Waals surface area (Å²) in [7, 11) is 0. The summed E-state index contributed by atoms with van der Waals surface area (Å²) in [6, 6.07) is 64.8. The minimum Gasteiger partial charge on any atom is -0.377 e. The molecule has 9 aromatic rings. The third kappa shape index (κ3) is 5.27. The molecule has 3 heterocycles. The van der Waals surface area contributed by atoms with E-state index in [0.717, 1.165) is 40.4 Å². The van der Waals surface area contributed by atoms with Crippen LogP contribution in [0.1, 0.15) is 47.1 Å². The summed E-state index contributed by atoms with van der Waals surface area (Å²) in [5.41, 5.74) is 14.1. The molecule has 0 saturated carbocycles. The van der Waals surface area contributed by atoms with E-state index in [1.807, 2.05) is 36.4 Å². The molecular weight excluding hydrogens is 683 g/mol. The molecule has 1 aliphatic carbocycles. The van der Waals surface area contributed by atoms with Crippen molar-refractivity contribution in [2.75, 3.05) is 0 Å². The van der Waals surface area contributed by atoms with Crippen molar-refractivity contribution in [3.8, 4) is 39.9 Å². The van der Waals surface area contributed by atoms with Gasteiger partial charge >= 0.3 is 0 Å². The van der Waals surface area contributed by atoms with Crippen molar-refractivity contribution < 1.29 is 0 Å². The van der Waals surface area contributed by atoms with Crippen molar-refractivity contribution in [3.05, 3.63) is 204 Å². The van der Waals surface area contributed by atoms with E-state index < -0.39 is 0 Å². The van der Waals surface area contributed by atoms with Gasteiger partial charge < -0.3 is 5.32 Å². The minimum absolute atomic E-state index is 0.0751. The number of nitrogens with one attached hydrogen (secondary N) is 1. The highest BCUT2D eigenvalue weighted by Gasteiger charge is 2.36. The molecular formula is C51H37N5. The van der Waals surface area contributed by atoms with E-state index in [9.17, 15) is 0 Å². The fourth-order valence-corrected chi connectivity index (χ4v) is 9.12. The zero-order chi connectivity index (χ0) is 37.0. The number of para-hydroxylation sites is 1. The van der Waals surface area contributed by atoms with Crippen LogP contribution in [0.3, 0.4) is 0 Å². The van der Waals surface area contributed by atoms with Crippen LogP contribution in [-0.4, -0.2) is 19.5 Å². The number of allylic oxidation sites excluding steroid dienone is 1. The summed E-state index contributed by atoms with van der Waals surface area (Å²) < 4.78 is 2.31. The lowest BCUT2D eigenvalue weighted by Gasteiger charge is -2.30. The largest absolute Gasteiger partial charge is 0.377 e. The van der Waals surface area contributed by atoms with Crippen LogP contribution in [0.4, 0.5) is 0 Å². The first-order valence-electron chi connectivity index (χ1n) is 19.4. The third-order valence-electron chi connectivity index (χ3n) is 11.6. The lowest BCUT2D eigenvalue weighted by atomic mass is 9.76. The molecule has 2 unspecified atom stereocenters. The normalized spacial score (nSPS) is 16.1. The highest BCUT2D eigenvalue weighted by molar-refractivity contribution is 6.16. The number of rotatable bonds is 5. The van der Waals surface area contributed by atoms with Gasteiger partial charge in [-0.1, -0.05) is 176 Å². The molecule has 0 amide bonds. The number of nitrogens with zero attached hydrogens (tertiary/aromatic N) is 4. The first-order valence-corrected chi connectivity index (χ1v) is 19.4. The molecule has 2 aliphatic rings. The van der Waals surface area contributed by atoms with Gasteiger partial charge in [-0.15, -0.1) is 0 Å². The predicted octanol–water partition coefficient (Wildman–Crippen LogP) is 12.1. The highest BCUT2D eigenvalue weighted by atomic mass is 15.2. The topological polar surface area (TPSA) is 55.6 Å². The molecule has 266 valence electrons. The van der Waals surface area contributed by atoms with Gasteiger partial charge in [-0.2, -0.15) is 9.97 Å². The Hall–Kier alpha value is -7.11. The van der Waals surface area contributed by atoms with E-state index in [4.69, 9.17) is 15.0 Å². The van der Waals surface area contributed by atoms with Crippen LogP contribution in [0, 0.1) is 0 Å². The van der Waals surface area contributed by atoms with Crippen LogP contribution in [0.2, 0.25) is 0 Å². The van der Waals surface area contributed by atoms with Gasteiger partial charge in [0.1, 0.15) is 0 Å². The van der Waals surface area contributed by atoms with Gasteiger partial charge in [0.2, 0.25) is 5.95 Å². The second-order valence-electron chi connectivity index (χ2n) is 14.7. The van der Waals surface area contributed by atoms with Crippen molar-refractivity contribution in [3.63, 3.8) is 0 Å². The number of aromatic nitrogens is 4. The van der Waals surface area contributed by atoms with Gasteiger partial charge in [0.15, 0.2) is 11.6 Å². The van der Waals surface area contributed by atoms with Crippen LogP contribution >= 0.6 is 0 Å². The summed E-state index contributed by atoms with van der Waals surface area (Å²) in [4.78, 5) is 15.7. The third-order valence-corrected chi connectivity index (χ3v) is 11.6. The number of fused-ring (bicyclic) bond motifs is 12. The highest BCUT2D eigenvalue weighted by Crippen LogP contribution is 2.52. The molecule has 2 atom stereocenters. The smallest absolute Gasteiger partial charge is 0.238 e. The van der Waals surface area contributed by atoms with E-state index in [1.165, 1.54) is 50.0 Å². The molecule has 0 fully saturated rings. The molecule has 0 saturated heterocycles. The molecule has 1 N–H and O–H groups in total. The minimum atomic E-state index is 0.0751. The van der Waals surface area contributed by atoms with E-state index in [0.29, 0.717) is 17.6 Å². The van der Waals surface area contributed by atoms with Crippen LogP contribution in [0.5, 0.6) is 0 Å². The van der Waals surface area contributed by atoms with Gasteiger partial charge in [0, 0.05) is 39.1 Å². The number of hydrogen-bond acceptors (Lipinski definition) is 4. The maximum Gasteiger partial charge on any atom is 0.238 e. The Labute approximate surface area is 325 Å². The SMILES string of the molecule is c1ccc(C2=C3CCC(c4ccccc4-c4ccc5c6ccccc6n(-c6nc(-c7ccccc7)nc(-c7ccccc7)n6)c5c43)C(c3ccccc3)N2)cc1. The lowest BCUT2D eigenvalue weighted by Crippen LogP contribution is -2.25. The van der Waals surface area contributed by atoms with Gasteiger partial charge in [-0.3, -0.25) is 4.57 Å². The van der Waals surface area contributed by atoms with Gasteiger partial charge in [0.05, 0.1) is 17.1 Å². The average Bonchev–Trinajstić information content (AvgIpc) is 3.50. The Morgan fingerprint density at radius 1 is 0.500 bits per heavy atom. The van der Waals surface area contributed by atoms with Crippen LogP contribution < -0.4 is 5.32 Å². The second kappa shape index (κ2) is 13.3. The zero-order valence-corrected chi connectivity index (χ0v) is 30.7. The molecule has 2 aromatic heterocycles. The first kappa shape index (κ1) is 32.3. The summed E-state index contributed by atoms with van der Waals surface area (Å²) in [6.07, 6.45) is 1.89. The summed E-state index contributed by atoms with van der Waals surface area (Å²) in [5.74, 6) is 2.12. The van der Waals surface area contributed by atoms with Gasteiger partial charge in [-0.25, -0.2) is 4.98 Å². The predicted molar refractivity (Wildman–Crippen MR) is 228 cm³/mol. The molecule has 2 bridgehead atoms. The first-order chi connectivity index (χ1) is 27.8. The number of hydrogen-bond donors (Lipinski definition) is 1. The Bertz CT molecular complexity index is 2880. The van der Waals surface area contributed by atoms with Crippen molar-refractivity contribution in [1.82, 2.24) is 24.8 Å². The molecule has 11 rings (SSSR count). The Kier molecular flexibility index (Phi) is 7.69. The molecule has 7 aromatic carbocycles. The molecule has 5 nitrogen and oxygen atoms in total. The van der Waals surface area contributed by atoms with Crippen LogP contribution in [0.25, 0.3) is 72.9 Å². The quantitative estimate of drug-likeness (QED) is 0.192. The van der Waals surface area contributed by atoms with E-state index in [2.05, 4.69) is 155 Å². The molecule has 0 radical (unpaired) electrons. The van der Waals surface area contributed by atoms with Crippen molar-refractivity contribution in [1.29, 1.82) is 0 Å². The molecule has 5 heteroatoms. The van der Waals surface area contributed by atoms with E-state index in [-0.39, 0.29) is 12.0 Å². The maximum atomic E-state index is 5.32. The fraction of sp³-hybridized carbons (Fsp3) is 0.0784. The van der Waals surface area contributed by atoms with Crippen LogP contribution in [0.15, 0.2) is 182 Å². The second-order valence-corrected chi connectivity index (χ2v) is 14.7. The van der Waals surface area contributed by atoms with Crippen LogP contribution in [-0.2, 0) is 0 Å². The summed E-state index contributed by atoms with van der Waals surface area (Å²) in [5, 5.41) is 6.55. The zero-order valence-electron chi connectivity index (χ0n) is 30.7. The molecule has 1 aliphatic heterocycles. The fourth-order valence-electron chi connectivity index (χ4n) is 9.12. The van der Waals surface area contributed by atoms with Crippen molar-refractivity contribution in [2.24, 2.45) is 0 Å². The monoisotopic (exact) mass is 719 g/mol. The molecule has 0 spiro atoms. The van der Waals surface area contributed by atoms with Gasteiger partial charge in [0.25, 0.3) is 0 Å². The summed E-state index contributed by atoms with van der Waals surface area (Å²) >= 11 is 0. The van der Waals surface area contributed by atoms with Crippen molar-refractivity contribution >= 4 is 33.1 Å². The average molecular weight is 720 g/mol. The van der Waals surface area contributed by atoms with E-state index in [1.54, 1.807) is 0 Å². The van der Waals surface area contributed by atoms with Crippen molar-refractivity contribution in [2.45, 2.75) is 24.8 Å². The Balaban J connectivity index is 1.29.